The highest BCUT2D eigenvalue weighted by atomic mass is 19.4. The average Bonchev–Trinajstić information content (AvgIpc) is 3.06. The number of alkyl halides is 3. The normalized spacial score (nSPS) is 19.1. The first kappa shape index (κ1) is 19.2. The molecular formula is C19H18F3N5O2. The lowest BCUT2D eigenvalue weighted by atomic mass is 9.83. The first-order valence-electron chi connectivity index (χ1n) is 9.05. The molecule has 1 atom stereocenters. The van der Waals surface area contributed by atoms with Gasteiger partial charge in [-0.2, -0.15) is 0 Å². The molecule has 0 amide bonds. The maximum Gasteiger partial charge on any atom is 0.573 e. The Kier molecular flexibility index (Phi) is 4.44. The fraction of sp³-hybridized carbons (Fsp3) is 0.368. The number of hydrogen-bond acceptors (Lipinski definition) is 5. The zero-order chi connectivity index (χ0) is 20.8. The van der Waals surface area contributed by atoms with Crippen molar-refractivity contribution >= 4 is 0 Å². The van der Waals surface area contributed by atoms with Gasteiger partial charge in [-0.15, -0.1) is 18.3 Å². The molecule has 1 unspecified atom stereocenters. The molecule has 1 aliphatic rings. The highest BCUT2D eigenvalue weighted by Crippen LogP contribution is 2.39. The van der Waals surface area contributed by atoms with E-state index in [-0.39, 0.29) is 11.3 Å². The fourth-order valence-corrected chi connectivity index (χ4v) is 3.81. The highest BCUT2D eigenvalue weighted by molar-refractivity contribution is 5.57. The molecule has 7 nitrogen and oxygen atoms in total. The molecule has 0 saturated heterocycles. The third kappa shape index (κ3) is 3.62. The lowest BCUT2D eigenvalue weighted by Crippen LogP contribution is -2.37. The predicted octanol–water partition coefficient (Wildman–Crippen LogP) is 3.34. The number of rotatable bonds is 3. The molecule has 0 saturated carbocycles. The molecule has 0 bridgehead atoms. The van der Waals surface area contributed by atoms with Crippen molar-refractivity contribution in [2.75, 3.05) is 0 Å². The van der Waals surface area contributed by atoms with E-state index in [9.17, 15) is 18.0 Å². The minimum absolute atomic E-state index is 0.270. The van der Waals surface area contributed by atoms with Gasteiger partial charge in [0.15, 0.2) is 0 Å². The standard InChI is InChI=1S/C19H18F3N5O2/c1-11-23-14(10-16(28)24-11)17-15-4-3-9-18(2,27(15)26-25-17)12-5-7-13(8-6-12)29-19(20,21)22/h5-8,10H,3-4,9H2,1-2H3,(H,23,24,28). The Hall–Kier alpha value is -3.17. The predicted molar refractivity (Wildman–Crippen MR) is 97.4 cm³/mol. The van der Waals surface area contributed by atoms with Crippen molar-refractivity contribution in [2.45, 2.75) is 45.0 Å². The van der Waals surface area contributed by atoms with Crippen molar-refractivity contribution in [1.82, 2.24) is 25.0 Å². The van der Waals surface area contributed by atoms with Crippen LogP contribution in [0.1, 0.15) is 36.8 Å². The van der Waals surface area contributed by atoms with Crippen molar-refractivity contribution in [3.05, 3.63) is 57.8 Å². The molecule has 2 aromatic heterocycles. The van der Waals surface area contributed by atoms with Crippen LogP contribution in [0.2, 0.25) is 0 Å². The largest absolute Gasteiger partial charge is 0.573 e. The summed E-state index contributed by atoms with van der Waals surface area (Å²) in [4.78, 5) is 18.8. The second kappa shape index (κ2) is 6.71. The monoisotopic (exact) mass is 405 g/mol. The summed E-state index contributed by atoms with van der Waals surface area (Å²) in [6.07, 6.45) is -2.45. The molecule has 0 spiro atoms. The molecule has 0 radical (unpaired) electrons. The minimum atomic E-state index is -4.73. The van der Waals surface area contributed by atoms with E-state index in [4.69, 9.17) is 0 Å². The molecular weight excluding hydrogens is 387 g/mol. The summed E-state index contributed by atoms with van der Waals surface area (Å²) in [6, 6.07) is 7.18. The van der Waals surface area contributed by atoms with Gasteiger partial charge in [-0.1, -0.05) is 17.3 Å². The third-order valence-electron chi connectivity index (χ3n) is 5.12. The number of aromatic amines is 1. The molecule has 1 N–H and O–H groups in total. The molecule has 10 heteroatoms. The van der Waals surface area contributed by atoms with Crippen LogP contribution in [0.15, 0.2) is 35.1 Å². The van der Waals surface area contributed by atoms with Crippen LogP contribution < -0.4 is 10.3 Å². The van der Waals surface area contributed by atoms with Gasteiger partial charge in [0.25, 0.3) is 5.56 Å². The number of nitrogens with zero attached hydrogens (tertiary/aromatic N) is 4. The maximum absolute atomic E-state index is 12.4. The molecule has 1 aliphatic heterocycles. The van der Waals surface area contributed by atoms with Crippen molar-refractivity contribution in [1.29, 1.82) is 0 Å². The van der Waals surface area contributed by atoms with Crippen LogP contribution in [-0.4, -0.2) is 31.3 Å². The van der Waals surface area contributed by atoms with E-state index >= 15 is 0 Å². The summed E-state index contributed by atoms with van der Waals surface area (Å²) in [7, 11) is 0. The Balaban J connectivity index is 1.73. The number of aryl methyl sites for hydroxylation is 1. The molecule has 3 heterocycles. The Morgan fingerprint density at radius 2 is 1.97 bits per heavy atom. The average molecular weight is 405 g/mol. The van der Waals surface area contributed by atoms with Gasteiger partial charge in [0.2, 0.25) is 0 Å². The summed E-state index contributed by atoms with van der Waals surface area (Å²) >= 11 is 0. The summed E-state index contributed by atoms with van der Waals surface area (Å²) in [5, 5.41) is 8.57. The Morgan fingerprint density at radius 3 is 2.62 bits per heavy atom. The summed E-state index contributed by atoms with van der Waals surface area (Å²) < 4.78 is 43.0. The van der Waals surface area contributed by atoms with Gasteiger partial charge >= 0.3 is 6.36 Å². The topological polar surface area (TPSA) is 85.7 Å². The van der Waals surface area contributed by atoms with Crippen LogP contribution in [0.5, 0.6) is 5.75 Å². The van der Waals surface area contributed by atoms with Crippen LogP contribution in [0.25, 0.3) is 11.4 Å². The van der Waals surface area contributed by atoms with E-state index in [2.05, 4.69) is 25.0 Å². The number of halogens is 3. The molecule has 152 valence electrons. The van der Waals surface area contributed by atoms with Crippen molar-refractivity contribution in [2.24, 2.45) is 0 Å². The first-order chi connectivity index (χ1) is 13.7. The van der Waals surface area contributed by atoms with E-state index in [1.165, 1.54) is 18.2 Å². The molecule has 0 fully saturated rings. The zero-order valence-electron chi connectivity index (χ0n) is 15.7. The summed E-state index contributed by atoms with van der Waals surface area (Å²) in [5.74, 6) is 0.205. The molecule has 29 heavy (non-hydrogen) atoms. The Bertz CT molecular complexity index is 1100. The number of aromatic nitrogens is 5. The Morgan fingerprint density at radius 1 is 1.24 bits per heavy atom. The van der Waals surface area contributed by atoms with Crippen LogP contribution in [-0.2, 0) is 12.0 Å². The van der Waals surface area contributed by atoms with E-state index in [0.717, 1.165) is 24.1 Å². The lowest BCUT2D eigenvalue weighted by Gasteiger charge is -2.35. The molecule has 4 rings (SSSR count). The molecule has 0 aliphatic carbocycles. The van der Waals surface area contributed by atoms with Crippen LogP contribution in [0.3, 0.4) is 0 Å². The molecule has 3 aromatic rings. The van der Waals surface area contributed by atoms with E-state index in [0.29, 0.717) is 23.6 Å². The van der Waals surface area contributed by atoms with Crippen molar-refractivity contribution < 1.29 is 17.9 Å². The van der Waals surface area contributed by atoms with E-state index in [1.54, 1.807) is 23.7 Å². The SMILES string of the molecule is Cc1nc(-c2nnn3c2CCCC3(C)c2ccc(OC(F)(F)F)cc2)cc(=O)[nH]1. The highest BCUT2D eigenvalue weighted by Gasteiger charge is 2.37. The van der Waals surface area contributed by atoms with Gasteiger partial charge in [0, 0.05) is 6.07 Å². The quantitative estimate of drug-likeness (QED) is 0.722. The molecule has 1 aromatic carbocycles. The summed E-state index contributed by atoms with van der Waals surface area (Å²) in [6.45, 7) is 3.65. The number of nitrogens with one attached hydrogen (secondary N) is 1. The number of H-pyrrole nitrogens is 1. The maximum atomic E-state index is 12.4. The van der Waals surface area contributed by atoms with Gasteiger partial charge in [0.1, 0.15) is 23.0 Å². The van der Waals surface area contributed by atoms with Crippen LogP contribution >= 0.6 is 0 Å². The number of fused-ring (bicyclic) bond motifs is 1. The van der Waals surface area contributed by atoms with Crippen molar-refractivity contribution in [3.8, 4) is 17.1 Å². The van der Waals surface area contributed by atoms with E-state index in [1.807, 2.05) is 6.92 Å². The second-order valence-corrected chi connectivity index (χ2v) is 7.21. The third-order valence-corrected chi connectivity index (χ3v) is 5.12. The smallest absolute Gasteiger partial charge is 0.406 e. The number of benzene rings is 1. The first-order valence-corrected chi connectivity index (χ1v) is 9.05. The lowest BCUT2D eigenvalue weighted by molar-refractivity contribution is -0.274. The van der Waals surface area contributed by atoms with Crippen LogP contribution in [0.4, 0.5) is 13.2 Å². The fourth-order valence-electron chi connectivity index (χ4n) is 3.81. The summed E-state index contributed by atoms with van der Waals surface area (Å²) in [5.41, 5.74) is 1.76. The van der Waals surface area contributed by atoms with E-state index < -0.39 is 11.9 Å². The number of ether oxygens (including phenoxy) is 1. The second-order valence-electron chi connectivity index (χ2n) is 7.21. The van der Waals surface area contributed by atoms with Gasteiger partial charge in [-0.3, -0.25) is 4.79 Å². The van der Waals surface area contributed by atoms with Gasteiger partial charge < -0.3 is 9.72 Å². The zero-order valence-corrected chi connectivity index (χ0v) is 15.7. The van der Waals surface area contributed by atoms with Gasteiger partial charge in [-0.25, -0.2) is 9.67 Å². The van der Waals surface area contributed by atoms with Crippen LogP contribution in [0, 0.1) is 6.92 Å². The van der Waals surface area contributed by atoms with Crippen molar-refractivity contribution in [3.63, 3.8) is 0 Å². The Labute approximate surface area is 163 Å². The number of hydrogen-bond donors (Lipinski definition) is 1. The van der Waals surface area contributed by atoms with Gasteiger partial charge in [0.05, 0.1) is 11.2 Å². The minimum Gasteiger partial charge on any atom is -0.406 e. The van der Waals surface area contributed by atoms with Gasteiger partial charge in [-0.05, 0) is 50.8 Å².